The van der Waals surface area contributed by atoms with Gasteiger partial charge in [0.1, 0.15) is 11.9 Å². The number of rotatable bonds is 4. The lowest BCUT2D eigenvalue weighted by Gasteiger charge is -2.30. The lowest BCUT2D eigenvalue weighted by atomic mass is 9.85. The van der Waals surface area contributed by atoms with Crippen LogP contribution in [0, 0.1) is 11.8 Å². The summed E-state index contributed by atoms with van der Waals surface area (Å²) in [4.78, 5) is 50.0. The number of ether oxygens (including phenoxy) is 4. The van der Waals surface area contributed by atoms with Gasteiger partial charge in [-0.05, 0) is 38.2 Å². The van der Waals surface area contributed by atoms with Crippen molar-refractivity contribution in [2.24, 2.45) is 17.6 Å². The highest BCUT2D eigenvalue weighted by molar-refractivity contribution is 6.48. The van der Waals surface area contributed by atoms with Gasteiger partial charge in [-0.25, -0.2) is 4.79 Å². The van der Waals surface area contributed by atoms with Crippen molar-refractivity contribution in [1.29, 1.82) is 0 Å². The fraction of sp³-hybridized carbons (Fsp3) is 0.517. The number of Topliss-reactive ketones (excluding diaryl/α,β-unsaturated/α-hetero) is 1. The third kappa shape index (κ3) is 8.23. The molecule has 0 fully saturated rings. The number of primary amides is 1. The van der Waals surface area contributed by atoms with Gasteiger partial charge >= 0.3 is 6.09 Å². The SMILES string of the molecule is COC1=C2C[C@@H](C)C[C@H](OC)[C@H](O)[C@@H](C)/C=C(\C)[C@H](OC(N)=O)C(OC)/C=C\C=C(/C)C(=O)NC1=CC(=O)C2=O. The molecule has 0 saturated heterocycles. The number of carbonyl (C=O) groups is 4. The van der Waals surface area contributed by atoms with Crippen molar-refractivity contribution in [2.75, 3.05) is 21.3 Å². The molecule has 0 radical (unpaired) electrons. The van der Waals surface area contributed by atoms with E-state index in [0.717, 1.165) is 6.08 Å². The predicted molar refractivity (Wildman–Crippen MR) is 147 cm³/mol. The maximum Gasteiger partial charge on any atom is 0.405 e. The highest BCUT2D eigenvalue weighted by Gasteiger charge is 2.34. The average Bonchev–Trinajstić information content (AvgIpc) is 2.90. The smallest absolute Gasteiger partial charge is 0.405 e. The Bertz CT molecular complexity index is 1150. The quantitative estimate of drug-likeness (QED) is 0.266. The van der Waals surface area contributed by atoms with Crippen LogP contribution in [0.2, 0.25) is 0 Å². The third-order valence-electron chi connectivity index (χ3n) is 6.95. The Hall–Kier alpha value is -3.54. The first-order valence-corrected chi connectivity index (χ1v) is 13.0. The highest BCUT2D eigenvalue weighted by atomic mass is 16.6. The molecule has 1 aliphatic carbocycles. The Morgan fingerprint density at radius 1 is 1.10 bits per heavy atom. The summed E-state index contributed by atoms with van der Waals surface area (Å²) in [6.07, 6.45) is 3.69. The molecule has 2 aliphatic rings. The monoisotopic (exact) mass is 560 g/mol. The normalized spacial score (nSPS) is 32.7. The molecule has 0 aromatic heterocycles. The first-order chi connectivity index (χ1) is 18.8. The van der Waals surface area contributed by atoms with Crippen LogP contribution in [0.15, 0.2) is 58.6 Å². The fourth-order valence-corrected chi connectivity index (χ4v) is 4.79. The first-order valence-electron chi connectivity index (χ1n) is 13.0. The first kappa shape index (κ1) is 32.7. The standard InChI is InChI=1S/C29H40N2O9/c1-15-11-19-25(34)21(32)14-20(27(19)39-7)31-28(35)16(2)9-8-10-22(37-5)26(40-29(30)36)18(4)13-17(3)24(33)23(12-15)38-6/h8-10,13-15,17,22-24,26,33H,11-12H2,1-7H3,(H2,30,36)(H,31,35)/b10-8-,16-9+,18-13+/t15-,17+,22?,23+,24-,26+/m1/s1. The van der Waals surface area contributed by atoms with Crippen molar-refractivity contribution in [3.63, 3.8) is 0 Å². The van der Waals surface area contributed by atoms with Crippen molar-refractivity contribution < 1.29 is 43.2 Å². The van der Waals surface area contributed by atoms with Gasteiger partial charge in [-0.2, -0.15) is 0 Å². The summed E-state index contributed by atoms with van der Waals surface area (Å²) >= 11 is 0. The zero-order valence-corrected chi connectivity index (χ0v) is 24.1. The Morgan fingerprint density at radius 3 is 2.35 bits per heavy atom. The Kier molecular flexibility index (Phi) is 12.0. The lowest BCUT2D eigenvalue weighted by molar-refractivity contribution is -0.132. The lowest BCUT2D eigenvalue weighted by Crippen LogP contribution is -2.37. The maximum absolute atomic E-state index is 12.9. The number of ketones is 2. The molecule has 0 saturated carbocycles. The maximum atomic E-state index is 12.9. The van der Waals surface area contributed by atoms with Crippen LogP contribution in [-0.2, 0) is 33.3 Å². The number of fused-ring (bicyclic) bond motifs is 1. The molecule has 11 nitrogen and oxygen atoms in total. The number of aliphatic hydroxyl groups is 1. The molecule has 2 bridgehead atoms. The largest absolute Gasteiger partial charge is 0.494 e. The van der Waals surface area contributed by atoms with Crippen LogP contribution in [0.4, 0.5) is 4.79 Å². The van der Waals surface area contributed by atoms with E-state index in [1.807, 2.05) is 6.92 Å². The number of methoxy groups -OCH3 is 3. The molecule has 6 atom stereocenters. The van der Waals surface area contributed by atoms with E-state index in [2.05, 4.69) is 5.32 Å². The van der Waals surface area contributed by atoms with E-state index in [0.29, 0.717) is 12.0 Å². The predicted octanol–water partition coefficient (Wildman–Crippen LogP) is 2.41. The summed E-state index contributed by atoms with van der Waals surface area (Å²) in [5.74, 6) is -2.56. The number of aliphatic hydroxyl groups excluding tert-OH is 1. The molecule has 0 aromatic rings. The van der Waals surface area contributed by atoms with Gasteiger partial charge in [0.05, 0.1) is 25.0 Å². The molecule has 4 N–H and O–H groups in total. The van der Waals surface area contributed by atoms with Crippen LogP contribution in [0.3, 0.4) is 0 Å². The number of nitrogens with one attached hydrogen (secondary N) is 1. The molecule has 0 spiro atoms. The molecule has 11 heteroatoms. The zero-order chi connectivity index (χ0) is 30.1. The van der Waals surface area contributed by atoms with E-state index in [-0.39, 0.29) is 34.9 Å². The zero-order valence-electron chi connectivity index (χ0n) is 24.1. The number of hydrogen-bond acceptors (Lipinski definition) is 9. The summed E-state index contributed by atoms with van der Waals surface area (Å²) in [5, 5.41) is 13.8. The van der Waals surface area contributed by atoms with E-state index < -0.39 is 53.9 Å². The number of hydrogen-bond donors (Lipinski definition) is 3. The van der Waals surface area contributed by atoms with Gasteiger partial charge in [0.2, 0.25) is 11.6 Å². The second-order valence-electron chi connectivity index (χ2n) is 10.1. The van der Waals surface area contributed by atoms with E-state index in [9.17, 15) is 24.3 Å². The molecular formula is C29H40N2O9. The van der Waals surface area contributed by atoms with Crippen LogP contribution in [-0.4, -0.2) is 74.4 Å². The summed E-state index contributed by atoms with van der Waals surface area (Å²) in [7, 11) is 4.27. The van der Waals surface area contributed by atoms with E-state index in [4.69, 9.17) is 24.7 Å². The third-order valence-corrected chi connectivity index (χ3v) is 6.95. The van der Waals surface area contributed by atoms with Gasteiger partial charge in [0.25, 0.3) is 5.91 Å². The fourth-order valence-electron chi connectivity index (χ4n) is 4.79. The van der Waals surface area contributed by atoms with Crippen molar-refractivity contribution in [3.05, 3.63) is 58.6 Å². The Balaban J connectivity index is 2.63. The van der Waals surface area contributed by atoms with E-state index in [1.54, 1.807) is 39.0 Å². The number of carbonyl (C=O) groups excluding carboxylic acids is 4. The van der Waals surface area contributed by atoms with Crippen LogP contribution in [0.5, 0.6) is 0 Å². The minimum Gasteiger partial charge on any atom is -0.494 e. The van der Waals surface area contributed by atoms with Gasteiger partial charge in [0, 0.05) is 37.4 Å². The molecule has 1 unspecified atom stereocenters. The number of nitrogens with two attached hydrogens (primary N) is 1. The van der Waals surface area contributed by atoms with E-state index >= 15 is 0 Å². The Labute approximate surface area is 234 Å². The summed E-state index contributed by atoms with van der Waals surface area (Å²) in [6.45, 7) is 6.95. The van der Waals surface area contributed by atoms with Crippen LogP contribution in [0.25, 0.3) is 0 Å². The molecule has 2 amide bonds. The van der Waals surface area contributed by atoms with Crippen LogP contribution >= 0.6 is 0 Å². The molecule has 1 aliphatic heterocycles. The number of allylic oxidation sites excluding steroid dienone is 4. The van der Waals surface area contributed by atoms with Crippen LogP contribution in [0.1, 0.15) is 40.5 Å². The number of amides is 2. The minimum atomic E-state index is -0.999. The van der Waals surface area contributed by atoms with Gasteiger partial charge in [-0.15, -0.1) is 0 Å². The molecule has 0 aromatic carbocycles. The molecule has 1 heterocycles. The van der Waals surface area contributed by atoms with Crippen molar-refractivity contribution in [3.8, 4) is 0 Å². The summed E-state index contributed by atoms with van der Waals surface area (Å²) in [6, 6.07) is 0. The van der Waals surface area contributed by atoms with Crippen molar-refractivity contribution in [2.45, 2.75) is 65.0 Å². The highest BCUT2D eigenvalue weighted by Crippen LogP contribution is 2.30. The summed E-state index contributed by atoms with van der Waals surface area (Å²) in [5.41, 5.74) is 6.40. The van der Waals surface area contributed by atoms with Crippen molar-refractivity contribution in [1.82, 2.24) is 5.32 Å². The van der Waals surface area contributed by atoms with Gasteiger partial charge in [-0.3, -0.25) is 14.4 Å². The topological polar surface area (TPSA) is 163 Å². The van der Waals surface area contributed by atoms with Crippen molar-refractivity contribution >= 4 is 23.6 Å². The van der Waals surface area contributed by atoms with Gasteiger partial charge < -0.3 is 35.1 Å². The van der Waals surface area contributed by atoms with Crippen LogP contribution < -0.4 is 11.1 Å². The second-order valence-corrected chi connectivity index (χ2v) is 10.1. The second kappa shape index (κ2) is 14.7. The average molecular weight is 561 g/mol. The molecule has 220 valence electrons. The Morgan fingerprint density at radius 2 is 1.77 bits per heavy atom. The van der Waals surface area contributed by atoms with E-state index in [1.165, 1.54) is 27.4 Å². The van der Waals surface area contributed by atoms with Gasteiger partial charge in [-0.1, -0.05) is 38.2 Å². The molecule has 40 heavy (non-hydrogen) atoms. The minimum absolute atomic E-state index is 0.0791. The summed E-state index contributed by atoms with van der Waals surface area (Å²) < 4.78 is 22.0. The molecule has 2 rings (SSSR count). The van der Waals surface area contributed by atoms with Gasteiger partial charge in [0.15, 0.2) is 6.10 Å². The molecular weight excluding hydrogens is 520 g/mol.